The number of aromatic amines is 1. The highest BCUT2D eigenvalue weighted by atomic mass is 32.2. The zero-order valence-corrected chi connectivity index (χ0v) is 22.5. The number of piperazine rings is 1. The molecule has 1 saturated heterocycles. The van der Waals surface area contributed by atoms with Gasteiger partial charge in [0.05, 0.1) is 7.11 Å². The molecule has 11 nitrogen and oxygen atoms in total. The Labute approximate surface area is 220 Å². The van der Waals surface area contributed by atoms with E-state index in [1.807, 2.05) is 56.0 Å². The average Bonchev–Trinajstić information content (AvgIpc) is 3.28. The lowest BCUT2D eigenvalue weighted by atomic mass is 10.1. The minimum atomic E-state index is -0.122. The van der Waals surface area contributed by atoms with E-state index in [1.54, 1.807) is 7.11 Å². The Morgan fingerprint density at radius 2 is 1.81 bits per heavy atom. The highest BCUT2D eigenvalue weighted by Gasteiger charge is 2.27. The number of nitrogens with one attached hydrogen (secondary N) is 3. The van der Waals surface area contributed by atoms with Crippen LogP contribution in [-0.2, 0) is 9.59 Å². The van der Waals surface area contributed by atoms with Gasteiger partial charge in [-0.2, -0.15) is 5.10 Å². The van der Waals surface area contributed by atoms with E-state index >= 15 is 0 Å². The summed E-state index contributed by atoms with van der Waals surface area (Å²) in [5, 5.41) is 13.7. The number of ether oxygens (including phenoxy) is 1. The van der Waals surface area contributed by atoms with E-state index in [1.165, 1.54) is 18.7 Å². The SMILES string of the molecule is COc1c(Nc2cc(C)[nH]n2)nc(Sc2ccc(NC(C)=O)cc2)nc1N1CCN(C(=O)C(C)C)CC1. The van der Waals surface area contributed by atoms with Crippen molar-refractivity contribution in [3.05, 3.63) is 36.0 Å². The molecule has 1 aliphatic rings. The van der Waals surface area contributed by atoms with Crippen LogP contribution in [0.1, 0.15) is 26.5 Å². The molecular formula is C25H32N8O3S. The topological polar surface area (TPSA) is 128 Å². The molecule has 3 aromatic rings. The lowest BCUT2D eigenvalue weighted by Gasteiger charge is -2.36. The molecule has 0 unspecified atom stereocenters. The van der Waals surface area contributed by atoms with Crippen LogP contribution in [0.15, 0.2) is 40.4 Å². The van der Waals surface area contributed by atoms with Gasteiger partial charge in [0, 0.05) is 61.4 Å². The number of aryl methyl sites for hydroxylation is 1. The van der Waals surface area contributed by atoms with Crippen molar-refractivity contribution in [2.24, 2.45) is 5.92 Å². The Kier molecular flexibility index (Phi) is 8.17. The summed E-state index contributed by atoms with van der Waals surface area (Å²) < 4.78 is 5.78. The second-order valence-electron chi connectivity index (χ2n) is 9.05. The molecule has 3 N–H and O–H groups in total. The number of carbonyl (C=O) groups is 2. The molecule has 37 heavy (non-hydrogen) atoms. The van der Waals surface area contributed by atoms with Gasteiger partial charge in [0.1, 0.15) is 0 Å². The lowest BCUT2D eigenvalue weighted by molar-refractivity contribution is -0.134. The third-order valence-electron chi connectivity index (χ3n) is 5.75. The maximum atomic E-state index is 12.5. The second kappa shape index (κ2) is 11.5. The molecule has 0 radical (unpaired) electrons. The van der Waals surface area contributed by atoms with E-state index in [4.69, 9.17) is 14.7 Å². The van der Waals surface area contributed by atoms with Crippen LogP contribution >= 0.6 is 11.8 Å². The molecule has 1 aliphatic heterocycles. The van der Waals surface area contributed by atoms with Crippen LogP contribution < -0.4 is 20.3 Å². The first-order valence-corrected chi connectivity index (χ1v) is 12.9. The van der Waals surface area contributed by atoms with Gasteiger partial charge in [-0.3, -0.25) is 14.7 Å². The van der Waals surface area contributed by atoms with Crippen LogP contribution in [0, 0.1) is 12.8 Å². The Hall–Kier alpha value is -3.80. The number of nitrogens with zero attached hydrogens (tertiary/aromatic N) is 5. The van der Waals surface area contributed by atoms with Gasteiger partial charge in [0.15, 0.2) is 22.6 Å². The number of benzene rings is 1. The first-order chi connectivity index (χ1) is 17.7. The van der Waals surface area contributed by atoms with Gasteiger partial charge in [-0.15, -0.1) is 0 Å². The quantitative estimate of drug-likeness (QED) is 0.378. The highest BCUT2D eigenvalue weighted by Crippen LogP contribution is 2.38. The smallest absolute Gasteiger partial charge is 0.225 e. The fourth-order valence-corrected chi connectivity index (χ4v) is 4.73. The molecule has 196 valence electrons. The van der Waals surface area contributed by atoms with E-state index in [-0.39, 0.29) is 17.7 Å². The predicted octanol–water partition coefficient (Wildman–Crippen LogP) is 3.67. The number of H-pyrrole nitrogens is 1. The third kappa shape index (κ3) is 6.50. The molecule has 0 atom stereocenters. The summed E-state index contributed by atoms with van der Waals surface area (Å²) in [7, 11) is 1.59. The molecule has 0 spiro atoms. The molecule has 12 heteroatoms. The van der Waals surface area contributed by atoms with Crippen molar-refractivity contribution in [3.63, 3.8) is 0 Å². The Balaban J connectivity index is 1.64. The van der Waals surface area contributed by atoms with E-state index in [0.717, 1.165) is 16.3 Å². The number of amides is 2. The monoisotopic (exact) mass is 524 g/mol. The number of hydrogen-bond donors (Lipinski definition) is 3. The van der Waals surface area contributed by atoms with E-state index in [0.29, 0.717) is 54.5 Å². The number of methoxy groups -OCH3 is 1. The van der Waals surface area contributed by atoms with Crippen LogP contribution in [0.2, 0.25) is 0 Å². The molecule has 2 amide bonds. The second-order valence-corrected chi connectivity index (χ2v) is 10.1. The molecule has 3 heterocycles. The number of hydrogen-bond acceptors (Lipinski definition) is 9. The largest absolute Gasteiger partial charge is 0.490 e. The van der Waals surface area contributed by atoms with Gasteiger partial charge in [-0.1, -0.05) is 13.8 Å². The molecule has 1 fully saturated rings. The predicted molar refractivity (Wildman–Crippen MR) is 144 cm³/mol. The summed E-state index contributed by atoms with van der Waals surface area (Å²) in [5.74, 6) is 2.28. The fourth-order valence-electron chi connectivity index (χ4n) is 3.97. The zero-order chi connectivity index (χ0) is 26.5. The number of carbonyl (C=O) groups excluding carboxylic acids is 2. The summed E-state index contributed by atoms with van der Waals surface area (Å²) in [5.41, 5.74) is 1.63. The maximum absolute atomic E-state index is 12.5. The van der Waals surface area contributed by atoms with Crippen molar-refractivity contribution in [2.45, 2.75) is 37.7 Å². The van der Waals surface area contributed by atoms with Crippen LogP contribution in [0.25, 0.3) is 0 Å². The summed E-state index contributed by atoms with van der Waals surface area (Å²) >= 11 is 1.40. The Bertz CT molecular complexity index is 1250. The van der Waals surface area contributed by atoms with Crippen molar-refractivity contribution >= 4 is 46.7 Å². The average molecular weight is 525 g/mol. The lowest BCUT2D eigenvalue weighted by Crippen LogP contribution is -2.50. The van der Waals surface area contributed by atoms with Crippen molar-refractivity contribution in [2.75, 3.05) is 48.8 Å². The minimum Gasteiger partial charge on any atom is -0.490 e. The van der Waals surface area contributed by atoms with Crippen LogP contribution in [-0.4, -0.2) is 70.2 Å². The van der Waals surface area contributed by atoms with Crippen molar-refractivity contribution in [1.82, 2.24) is 25.1 Å². The maximum Gasteiger partial charge on any atom is 0.225 e. The van der Waals surface area contributed by atoms with Gasteiger partial charge in [0.25, 0.3) is 0 Å². The highest BCUT2D eigenvalue weighted by molar-refractivity contribution is 7.99. The molecular weight excluding hydrogens is 492 g/mol. The summed E-state index contributed by atoms with van der Waals surface area (Å²) in [6.07, 6.45) is 0. The molecule has 2 aromatic heterocycles. The number of rotatable bonds is 8. The number of anilines is 4. The number of aromatic nitrogens is 4. The molecule has 0 saturated carbocycles. The summed E-state index contributed by atoms with van der Waals surface area (Å²) in [4.78, 5) is 38.3. The Morgan fingerprint density at radius 1 is 1.11 bits per heavy atom. The van der Waals surface area contributed by atoms with Crippen LogP contribution in [0.4, 0.5) is 23.1 Å². The summed E-state index contributed by atoms with van der Waals surface area (Å²) in [6.45, 7) is 9.71. The van der Waals surface area contributed by atoms with Gasteiger partial charge < -0.3 is 25.2 Å². The van der Waals surface area contributed by atoms with E-state index in [9.17, 15) is 9.59 Å². The molecule has 0 bridgehead atoms. The summed E-state index contributed by atoms with van der Waals surface area (Å²) in [6, 6.07) is 9.37. The zero-order valence-electron chi connectivity index (χ0n) is 21.7. The third-order valence-corrected chi connectivity index (χ3v) is 6.63. The van der Waals surface area contributed by atoms with Crippen LogP contribution in [0.3, 0.4) is 0 Å². The first kappa shape index (κ1) is 26.3. The fraction of sp³-hybridized carbons (Fsp3) is 0.400. The molecule has 1 aromatic carbocycles. The molecule has 4 rings (SSSR count). The standard InChI is InChI=1S/C25H32N8O3S/c1-15(2)24(35)33-12-10-32(11-13-33)23-21(36-5)22(27-20-14-16(3)30-31-20)28-25(29-23)37-19-8-6-18(7-9-19)26-17(4)34/h6-9,14-15H,10-13H2,1-5H3,(H,26,34)(H2,27,28,29,30,31). The normalized spacial score (nSPS) is 13.6. The van der Waals surface area contributed by atoms with Crippen LogP contribution in [0.5, 0.6) is 5.75 Å². The van der Waals surface area contributed by atoms with Crippen molar-refractivity contribution in [3.8, 4) is 5.75 Å². The Morgan fingerprint density at radius 3 is 2.38 bits per heavy atom. The van der Waals surface area contributed by atoms with Gasteiger partial charge in [-0.25, -0.2) is 9.97 Å². The minimum absolute atomic E-state index is 0.0340. The van der Waals surface area contributed by atoms with Gasteiger partial charge in [0.2, 0.25) is 17.6 Å². The van der Waals surface area contributed by atoms with Gasteiger partial charge in [-0.05, 0) is 43.0 Å². The van der Waals surface area contributed by atoms with Crippen molar-refractivity contribution < 1.29 is 14.3 Å². The van der Waals surface area contributed by atoms with E-state index < -0.39 is 0 Å². The van der Waals surface area contributed by atoms with E-state index in [2.05, 4.69) is 25.7 Å². The van der Waals surface area contributed by atoms with Crippen molar-refractivity contribution in [1.29, 1.82) is 0 Å². The molecule has 0 aliphatic carbocycles. The van der Waals surface area contributed by atoms with Gasteiger partial charge >= 0.3 is 0 Å². The first-order valence-electron chi connectivity index (χ1n) is 12.1.